The lowest BCUT2D eigenvalue weighted by Crippen LogP contribution is -2.22. The van der Waals surface area contributed by atoms with E-state index in [1.807, 2.05) is 0 Å². The number of rotatable bonds is 2. The largest absolute Gasteiger partial charge is 0.374 e. The summed E-state index contributed by atoms with van der Waals surface area (Å²) in [7, 11) is 0. The first-order chi connectivity index (χ1) is 9.37. The highest BCUT2D eigenvalue weighted by Crippen LogP contribution is 2.44. The molecule has 4 bridgehead atoms. The van der Waals surface area contributed by atoms with E-state index in [9.17, 15) is 0 Å². The Morgan fingerprint density at radius 3 is 2.74 bits per heavy atom. The van der Waals surface area contributed by atoms with Crippen molar-refractivity contribution in [1.29, 1.82) is 0 Å². The third-order valence-corrected chi connectivity index (χ3v) is 5.51. The summed E-state index contributed by atoms with van der Waals surface area (Å²) in [6.45, 7) is 0. The fraction of sp³-hybridized carbons (Fsp3) is 0.857. The molecular weight excluding hydrogens is 242 g/mol. The van der Waals surface area contributed by atoms with E-state index in [1.165, 1.54) is 25.7 Å². The number of aromatic nitrogens is 2. The molecule has 1 aromatic heterocycles. The fourth-order valence-corrected chi connectivity index (χ4v) is 4.56. The van der Waals surface area contributed by atoms with Crippen LogP contribution < -0.4 is 5.32 Å². The molecule has 1 N–H and O–H groups in total. The van der Waals surface area contributed by atoms with Gasteiger partial charge in [0.2, 0.25) is 5.89 Å². The predicted octanol–water partition coefficient (Wildman–Crippen LogP) is 1.71. The molecule has 5 heteroatoms. The Bertz CT molecular complexity index is 460. The first kappa shape index (κ1) is 10.8. The normalized spacial score (nSPS) is 47.4. The summed E-state index contributed by atoms with van der Waals surface area (Å²) in [4.78, 5) is 4.71. The van der Waals surface area contributed by atoms with E-state index in [-0.39, 0.29) is 0 Å². The smallest absolute Gasteiger partial charge is 0.231 e. The van der Waals surface area contributed by atoms with E-state index >= 15 is 0 Å². The van der Waals surface area contributed by atoms with Crippen molar-refractivity contribution in [3.05, 3.63) is 11.7 Å². The van der Waals surface area contributed by atoms with Crippen molar-refractivity contribution in [2.45, 2.75) is 74.7 Å². The van der Waals surface area contributed by atoms with E-state index in [0.29, 0.717) is 36.1 Å². The molecule has 19 heavy (non-hydrogen) atoms. The molecular formula is C14H19N3O2. The quantitative estimate of drug-likeness (QED) is 0.878. The molecule has 102 valence electrons. The van der Waals surface area contributed by atoms with Crippen molar-refractivity contribution in [3.63, 3.8) is 0 Å². The minimum Gasteiger partial charge on any atom is -0.374 e. The first-order valence-corrected chi connectivity index (χ1v) is 7.62. The van der Waals surface area contributed by atoms with Gasteiger partial charge < -0.3 is 14.6 Å². The van der Waals surface area contributed by atoms with Gasteiger partial charge in [-0.1, -0.05) is 5.16 Å². The molecule has 4 aliphatic heterocycles. The van der Waals surface area contributed by atoms with Gasteiger partial charge in [-0.15, -0.1) is 0 Å². The van der Waals surface area contributed by atoms with Crippen molar-refractivity contribution in [3.8, 4) is 0 Å². The van der Waals surface area contributed by atoms with E-state index < -0.39 is 0 Å². The Morgan fingerprint density at radius 1 is 1.05 bits per heavy atom. The van der Waals surface area contributed by atoms with Gasteiger partial charge in [0.1, 0.15) is 0 Å². The number of hydrogen-bond acceptors (Lipinski definition) is 5. The molecule has 0 radical (unpaired) electrons. The van der Waals surface area contributed by atoms with Crippen molar-refractivity contribution in [2.24, 2.45) is 0 Å². The number of hydrogen-bond donors (Lipinski definition) is 1. The van der Waals surface area contributed by atoms with Crippen LogP contribution in [0.2, 0.25) is 0 Å². The Hall–Kier alpha value is -0.940. The second kappa shape index (κ2) is 3.79. The topological polar surface area (TPSA) is 60.2 Å². The van der Waals surface area contributed by atoms with Crippen LogP contribution in [0.15, 0.2) is 4.52 Å². The van der Waals surface area contributed by atoms with Crippen LogP contribution in [0, 0.1) is 0 Å². The lowest BCUT2D eigenvalue weighted by molar-refractivity contribution is 0.0996. The van der Waals surface area contributed by atoms with Crippen LogP contribution in [0.25, 0.3) is 0 Å². The van der Waals surface area contributed by atoms with E-state index in [4.69, 9.17) is 14.2 Å². The Labute approximate surface area is 112 Å². The van der Waals surface area contributed by atoms with Gasteiger partial charge in [-0.05, 0) is 38.5 Å². The minimum atomic E-state index is 0.341. The SMILES string of the molecule is C1CC2NC1CC2c1nc(C2CC3CCC2O3)no1. The van der Waals surface area contributed by atoms with Gasteiger partial charge in [-0.2, -0.15) is 4.98 Å². The van der Waals surface area contributed by atoms with Crippen LogP contribution >= 0.6 is 0 Å². The third-order valence-electron chi connectivity index (χ3n) is 5.51. The van der Waals surface area contributed by atoms with Crippen LogP contribution in [0.1, 0.15) is 62.1 Å². The number of ether oxygens (including phenoxy) is 1. The van der Waals surface area contributed by atoms with E-state index in [0.717, 1.165) is 24.6 Å². The van der Waals surface area contributed by atoms with Crippen LogP contribution in [0.3, 0.4) is 0 Å². The van der Waals surface area contributed by atoms with Crippen LogP contribution in [-0.4, -0.2) is 34.4 Å². The first-order valence-electron chi connectivity index (χ1n) is 7.62. The predicted molar refractivity (Wildman–Crippen MR) is 66.9 cm³/mol. The summed E-state index contributed by atoms with van der Waals surface area (Å²) in [5, 5.41) is 7.88. The van der Waals surface area contributed by atoms with Gasteiger partial charge >= 0.3 is 0 Å². The molecule has 4 saturated heterocycles. The summed E-state index contributed by atoms with van der Waals surface area (Å²) in [5.41, 5.74) is 0. The zero-order valence-electron chi connectivity index (χ0n) is 10.9. The van der Waals surface area contributed by atoms with Crippen LogP contribution in [0.4, 0.5) is 0 Å². The van der Waals surface area contributed by atoms with Crippen molar-refractivity contribution >= 4 is 0 Å². The maximum atomic E-state index is 5.89. The molecule has 0 saturated carbocycles. The van der Waals surface area contributed by atoms with Gasteiger partial charge in [-0.3, -0.25) is 0 Å². The summed E-state index contributed by atoms with van der Waals surface area (Å²) < 4.78 is 11.5. The molecule has 0 aromatic carbocycles. The maximum absolute atomic E-state index is 5.89. The Balaban J connectivity index is 1.39. The molecule has 0 aliphatic carbocycles. The summed E-state index contributed by atoms with van der Waals surface area (Å²) in [6.07, 6.45) is 7.97. The van der Waals surface area contributed by atoms with Crippen LogP contribution in [0.5, 0.6) is 0 Å². The molecule has 4 fully saturated rings. The highest BCUT2D eigenvalue weighted by atomic mass is 16.5. The highest BCUT2D eigenvalue weighted by molar-refractivity contribution is 5.13. The summed E-state index contributed by atoms with van der Waals surface area (Å²) in [5.74, 6) is 2.57. The molecule has 5 nitrogen and oxygen atoms in total. The average molecular weight is 261 g/mol. The zero-order valence-corrected chi connectivity index (χ0v) is 10.9. The molecule has 0 amide bonds. The molecule has 0 spiro atoms. The second-order valence-electron chi connectivity index (χ2n) is 6.60. The molecule has 5 heterocycles. The van der Waals surface area contributed by atoms with Crippen molar-refractivity contribution in [2.75, 3.05) is 0 Å². The molecule has 4 aliphatic rings. The summed E-state index contributed by atoms with van der Waals surface area (Å²) in [6, 6.07) is 1.24. The van der Waals surface area contributed by atoms with E-state index in [1.54, 1.807) is 0 Å². The van der Waals surface area contributed by atoms with E-state index in [2.05, 4.69) is 10.5 Å². The molecule has 1 aromatic rings. The maximum Gasteiger partial charge on any atom is 0.231 e. The van der Waals surface area contributed by atoms with Gasteiger partial charge in [0.25, 0.3) is 0 Å². The number of fused-ring (bicyclic) bond motifs is 4. The molecule has 6 unspecified atom stereocenters. The van der Waals surface area contributed by atoms with Gasteiger partial charge in [-0.25, -0.2) is 0 Å². The fourth-order valence-electron chi connectivity index (χ4n) is 4.56. The monoisotopic (exact) mass is 261 g/mol. The molecule has 6 atom stereocenters. The Kier molecular flexibility index (Phi) is 2.16. The van der Waals surface area contributed by atoms with Crippen LogP contribution in [-0.2, 0) is 4.74 Å². The van der Waals surface area contributed by atoms with Crippen molar-refractivity contribution in [1.82, 2.24) is 15.5 Å². The zero-order chi connectivity index (χ0) is 12.4. The van der Waals surface area contributed by atoms with Crippen molar-refractivity contribution < 1.29 is 9.26 Å². The third kappa shape index (κ3) is 1.54. The highest BCUT2D eigenvalue weighted by Gasteiger charge is 2.46. The Morgan fingerprint density at radius 2 is 2.05 bits per heavy atom. The standard InChI is InChI=1S/C14H19N3O2/c1-3-11-9(5-7(1)15-11)14-16-13(17-19-14)10-6-8-2-4-12(10)18-8/h7-12,15H,1-6H2. The lowest BCUT2D eigenvalue weighted by atomic mass is 9.88. The lowest BCUT2D eigenvalue weighted by Gasteiger charge is -2.16. The van der Waals surface area contributed by atoms with Gasteiger partial charge in [0.05, 0.1) is 24.0 Å². The van der Waals surface area contributed by atoms with Gasteiger partial charge in [0, 0.05) is 12.1 Å². The van der Waals surface area contributed by atoms with Gasteiger partial charge in [0.15, 0.2) is 5.82 Å². The number of nitrogens with zero attached hydrogens (tertiary/aromatic N) is 2. The molecule has 5 rings (SSSR count). The number of nitrogens with one attached hydrogen (secondary N) is 1. The average Bonchev–Trinajstić information content (AvgIpc) is 3.20. The second-order valence-corrected chi connectivity index (χ2v) is 6.60. The summed E-state index contributed by atoms with van der Waals surface area (Å²) >= 11 is 0. The minimum absolute atomic E-state index is 0.341.